The van der Waals surface area contributed by atoms with Gasteiger partial charge in [-0.05, 0) is 24.3 Å². The van der Waals surface area contributed by atoms with Crippen LogP contribution in [0, 0.1) is 0 Å². The fourth-order valence-electron chi connectivity index (χ4n) is 4.04. The Hall–Kier alpha value is -3.67. The number of hydrogen-bond acceptors (Lipinski definition) is 4. The molecule has 142 valence electrons. The second-order valence-corrected chi connectivity index (χ2v) is 6.91. The van der Waals surface area contributed by atoms with Crippen LogP contribution in [-0.2, 0) is 10.3 Å². The van der Waals surface area contributed by atoms with Gasteiger partial charge in [0.05, 0.1) is 18.1 Å². The highest BCUT2D eigenvalue weighted by Crippen LogP contribution is 2.48. The fourth-order valence-corrected chi connectivity index (χ4v) is 4.04. The minimum absolute atomic E-state index is 0.136. The van der Waals surface area contributed by atoms with Gasteiger partial charge in [-0.2, -0.15) is 4.59 Å². The van der Waals surface area contributed by atoms with Crippen LogP contribution in [0.1, 0.15) is 11.5 Å². The lowest BCUT2D eigenvalue weighted by molar-refractivity contribution is -0.105. The molecular weight excluding hydrogens is 364 g/mol. The normalized spacial score (nSPS) is 17.0. The minimum atomic E-state index is -1.07. The van der Waals surface area contributed by atoms with Crippen LogP contribution >= 0.6 is 0 Å². The van der Waals surface area contributed by atoms with Crippen molar-refractivity contribution in [2.24, 2.45) is 0 Å². The van der Waals surface area contributed by atoms with E-state index in [4.69, 9.17) is 8.83 Å². The lowest BCUT2D eigenvalue weighted by Crippen LogP contribution is -2.56. The molecule has 0 spiro atoms. The maximum atomic E-state index is 12.4. The second kappa shape index (κ2) is 6.74. The predicted octanol–water partition coefficient (Wildman–Crippen LogP) is 5.06. The number of rotatable bonds is 5. The molecule has 5 nitrogen and oxygen atoms in total. The van der Waals surface area contributed by atoms with Gasteiger partial charge in [0.2, 0.25) is 5.54 Å². The Kier molecular flexibility index (Phi) is 4.05. The third kappa shape index (κ3) is 2.52. The molecule has 0 saturated heterocycles. The van der Waals surface area contributed by atoms with Crippen LogP contribution in [0.5, 0.6) is 0 Å². The Morgan fingerprint density at radius 2 is 1.24 bits per heavy atom. The van der Waals surface area contributed by atoms with Crippen LogP contribution in [0.4, 0.5) is 11.4 Å². The number of benzene rings is 2. The molecule has 1 aliphatic heterocycles. The van der Waals surface area contributed by atoms with E-state index in [-0.39, 0.29) is 4.59 Å². The molecule has 2 aromatic heterocycles. The smallest absolute Gasteiger partial charge is 0.215 e. The molecule has 4 aromatic rings. The van der Waals surface area contributed by atoms with E-state index < -0.39 is 5.54 Å². The SMILES string of the molecule is O=CC1=C[N+](c2ccccc2)(c2ccccc2)NC1(c1ccco1)c1ccco1. The van der Waals surface area contributed by atoms with Gasteiger partial charge < -0.3 is 8.83 Å². The zero-order valence-electron chi connectivity index (χ0n) is 15.6. The van der Waals surface area contributed by atoms with Crippen molar-refractivity contribution in [3.8, 4) is 0 Å². The summed E-state index contributed by atoms with van der Waals surface area (Å²) in [4.78, 5) is 12.4. The molecule has 0 radical (unpaired) electrons. The summed E-state index contributed by atoms with van der Waals surface area (Å²) in [5, 5.41) is 0. The van der Waals surface area contributed by atoms with Crippen LogP contribution in [0.25, 0.3) is 0 Å². The summed E-state index contributed by atoms with van der Waals surface area (Å²) in [6.45, 7) is 0. The molecule has 3 heterocycles. The number of furan rings is 2. The van der Waals surface area contributed by atoms with Crippen molar-refractivity contribution in [3.63, 3.8) is 0 Å². The molecule has 0 aliphatic carbocycles. The third-order valence-corrected chi connectivity index (χ3v) is 5.35. The van der Waals surface area contributed by atoms with Gasteiger partial charge in [-0.15, -0.1) is 5.43 Å². The van der Waals surface area contributed by atoms with Crippen molar-refractivity contribution < 1.29 is 13.6 Å². The Morgan fingerprint density at radius 1 is 0.724 bits per heavy atom. The molecule has 29 heavy (non-hydrogen) atoms. The molecule has 0 fully saturated rings. The number of nitrogens with zero attached hydrogens (tertiary/aromatic N) is 1. The van der Waals surface area contributed by atoms with Crippen LogP contribution in [0.3, 0.4) is 0 Å². The highest BCUT2D eigenvalue weighted by Gasteiger charge is 2.58. The van der Waals surface area contributed by atoms with Crippen molar-refractivity contribution in [1.29, 1.82) is 0 Å². The molecule has 0 saturated carbocycles. The Morgan fingerprint density at radius 3 is 1.66 bits per heavy atom. The average molecular weight is 383 g/mol. The van der Waals surface area contributed by atoms with Gasteiger partial charge in [0, 0.05) is 24.3 Å². The van der Waals surface area contributed by atoms with Gasteiger partial charge >= 0.3 is 0 Å². The van der Waals surface area contributed by atoms with E-state index in [1.54, 1.807) is 12.5 Å². The molecule has 1 aliphatic rings. The highest BCUT2D eigenvalue weighted by molar-refractivity contribution is 5.83. The molecule has 0 atom stereocenters. The molecule has 1 N–H and O–H groups in total. The Balaban J connectivity index is 1.82. The number of nitrogens with one attached hydrogen (secondary N) is 1. The van der Waals surface area contributed by atoms with E-state index in [1.165, 1.54) is 0 Å². The highest BCUT2D eigenvalue weighted by atomic mass is 16.4. The van der Waals surface area contributed by atoms with E-state index in [0.717, 1.165) is 17.7 Å². The van der Waals surface area contributed by atoms with Crippen LogP contribution < -0.4 is 10.0 Å². The second-order valence-electron chi connectivity index (χ2n) is 6.91. The van der Waals surface area contributed by atoms with E-state index in [1.807, 2.05) is 91.1 Å². The predicted molar refractivity (Wildman–Crippen MR) is 110 cm³/mol. The van der Waals surface area contributed by atoms with Crippen LogP contribution in [0.2, 0.25) is 0 Å². The zero-order chi connectivity index (χ0) is 19.7. The number of carbonyl (C=O) groups excluding carboxylic acids is 1. The summed E-state index contributed by atoms with van der Waals surface area (Å²) in [5.74, 6) is 1.16. The van der Waals surface area contributed by atoms with Crippen LogP contribution in [-0.4, -0.2) is 6.29 Å². The maximum Gasteiger partial charge on any atom is 0.215 e. The quantitative estimate of drug-likeness (QED) is 0.387. The Bertz CT molecular complexity index is 1060. The van der Waals surface area contributed by atoms with Crippen molar-refractivity contribution in [2.45, 2.75) is 5.54 Å². The summed E-state index contributed by atoms with van der Waals surface area (Å²) in [6, 6.07) is 27.3. The molecule has 0 amide bonds. The van der Waals surface area contributed by atoms with E-state index >= 15 is 0 Å². The first-order chi connectivity index (χ1) is 14.3. The number of carbonyl (C=O) groups is 1. The number of aldehydes is 1. The first-order valence-electron chi connectivity index (χ1n) is 9.35. The topological polar surface area (TPSA) is 55.4 Å². The van der Waals surface area contributed by atoms with Gasteiger partial charge in [-0.1, -0.05) is 36.4 Å². The maximum absolute atomic E-state index is 12.4. The largest absolute Gasteiger partial charge is 0.466 e. The van der Waals surface area contributed by atoms with Gasteiger partial charge in [-0.3, -0.25) is 4.79 Å². The number of para-hydroxylation sites is 2. The van der Waals surface area contributed by atoms with Crippen LogP contribution in [0.15, 0.2) is 118 Å². The lowest BCUT2D eigenvalue weighted by Gasteiger charge is -2.35. The molecule has 5 rings (SSSR count). The molecule has 2 aromatic carbocycles. The van der Waals surface area contributed by atoms with Crippen molar-refractivity contribution >= 4 is 17.7 Å². The number of hydrogen-bond donors (Lipinski definition) is 1. The first-order valence-corrected chi connectivity index (χ1v) is 9.35. The summed E-state index contributed by atoms with van der Waals surface area (Å²) >= 11 is 0. The standard InChI is InChI=1S/C24H19N2O3/c27-18-19-17-26(20-9-3-1-4-10-20,21-11-5-2-6-12-21)25-24(19,22-13-7-15-28-22)23-14-8-16-29-23/h1-18,25H/q+1. The third-order valence-electron chi connectivity index (χ3n) is 5.35. The minimum Gasteiger partial charge on any atom is -0.466 e. The molecular formula is C24H19N2O3+. The fraction of sp³-hybridized carbons (Fsp3) is 0.0417. The van der Waals surface area contributed by atoms with Crippen molar-refractivity contribution in [1.82, 2.24) is 10.0 Å². The summed E-state index contributed by atoms with van der Waals surface area (Å²) in [7, 11) is 0. The van der Waals surface area contributed by atoms with E-state index in [9.17, 15) is 4.79 Å². The Labute approximate surface area is 168 Å². The molecule has 5 heteroatoms. The van der Waals surface area contributed by atoms with Gasteiger partial charge in [0.25, 0.3) is 0 Å². The van der Waals surface area contributed by atoms with E-state index in [2.05, 4.69) is 5.43 Å². The van der Waals surface area contributed by atoms with Crippen molar-refractivity contribution in [2.75, 3.05) is 0 Å². The molecule has 0 bridgehead atoms. The average Bonchev–Trinajstić information content (AvgIpc) is 3.55. The molecule has 0 unspecified atom stereocenters. The van der Waals surface area contributed by atoms with Gasteiger partial charge in [-0.25, -0.2) is 0 Å². The number of quaternary nitrogens is 1. The monoisotopic (exact) mass is 383 g/mol. The van der Waals surface area contributed by atoms with E-state index in [0.29, 0.717) is 17.1 Å². The summed E-state index contributed by atoms with van der Waals surface area (Å²) in [6.07, 6.45) is 5.98. The first kappa shape index (κ1) is 17.4. The zero-order valence-corrected chi connectivity index (χ0v) is 15.6. The summed E-state index contributed by atoms with van der Waals surface area (Å²) in [5.41, 5.74) is 5.04. The van der Waals surface area contributed by atoms with Gasteiger partial charge in [0.15, 0.2) is 17.7 Å². The summed E-state index contributed by atoms with van der Waals surface area (Å²) < 4.78 is 11.8. The van der Waals surface area contributed by atoms with Gasteiger partial charge in [0.1, 0.15) is 17.7 Å². The van der Waals surface area contributed by atoms with Crippen molar-refractivity contribution in [3.05, 3.63) is 121 Å². The lowest BCUT2D eigenvalue weighted by atomic mass is 9.87.